The first-order chi connectivity index (χ1) is 8.19. The van der Waals surface area contributed by atoms with Crippen molar-refractivity contribution < 1.29 is 4.79 Å². The molecule has 0 aliphatic rings. The molecular weight excluding hydrogens is 232 g/mol. The molecule has 0 aliphatic heterocycles. The lowest BCUT2D eigenvalue weighted by atomic mass is 10.1. The Morgan fingerprint density at radius 2 is 2.29 bits per heavy atom. The molecule has 4 heteroatoms. The average Bonchev–Trinajstić information content (AvgIpc) is 2.77. The normalized spacial score (nSPS) is 10.5. The largest absolute Gasteiger partial charge is 0.325 e. The molecule has 2 aromatic rings. The van der Waals surface area contributed by atoms with Gasteiger partial charge in [-0.15, -0.1) is 11.3 Å². The first kappa shape index (κ1) is 12.0. The molecule has 2 rings (SSSR count). The number of nitrogens with zero attached hydrogens (tertiary/aromatic N) is 1. The second-order valence-corrected chi connectivity index (χ2v) is 4.86. The first-order valence-corrected chi connectivity index (χ1v) is 6.30. The molecule has 0 radical (unpaired) electrons. The summed E-state index contributed by atoms with van der Waals surface area (Å²) in [6.07, 6.45) is 0.398. The maximum atomic E-state index is 12.0. The number of rotatable bonds is 4. The second-order valence-electron chi connectivity index (χ2n) is 3.92. The van der Waals surface area contributed by atoms with Gasteiger partial charge < -0.3 is 5.73 Å². The highest BCUT2D eigenvalue weighted by molar-refractivity contribution is 7.09. The molecule has 0 aliphatic carbocycles. The van der Waals surface area contributed by atoms with Crippen molar-refractivity contribution in [2.45, 2.75) is 19.9 Å². The van der Waals surface area contributed by atoms with Crippen molar-refractivity contribution in [3.8, 4) is 0 Å². The summed E-state index contributed by atoms with van der Waals surface area (Å²) < 4.78 is 0. The summed E-state index contributed by atoms with van der Waals surface area (Å²) in [6.45, 7) is 2.41. The van der Waals surface area contributed by atoms with Crippen molar-refractivity contribution in [1.29, 1.82) is 0 Å². The van der Waals surface area contributed by atoms with Crippen LogP contribution in [-0.4, -0.2) is 10.8 Å². The van der Waals surface area contributed by atoms with Gasteiger partial charge in [-0.05, 0) is 12.5 Å². The monoisotopic (exact) mass is 246 g/mol. The molecule has 1 aromatic heterocycles. The number of thiazole rings is 1. The molecule has 1 heterocycles. The predicted octanol–water partition coefficient (Wildman–Crippen LogP) is 2.34. The van der Waals surface area contributed by atoms with Crippen LogP contribution < -0.4 is 5.73 Å². The van der Waals surface area contributed by atoms with Gasteiger partial charge in [0.05, 0.1) is 0 Å². The zero-order valence-electron chi connectivity index (χ0n) is 9.64. The fourth-order valence-electron chi connectivity index (χ4n) is 1.63. The third-order valence-electron chi connectivity index (χ3n) is 2.46. The summed E-state index contributed by atoms with van der Waals surface area (Å²) in [5.41, 5.74) is 8.19. The number of aryl methyl sites for hydroxylation is 1. The number of hydrogen-bond donors (Lipinski definition) is 1. The van der Waals surface area contributed by atoms with Gasteiger partial charge in [0, 0.05) is 18.3 Å². The summed E-state index contributed by atoms with van der Waals surface area (Å²) in [5.74, 6) is 0.0477. The van der Waals surface area contributed by atoms with Crippen LogP contribution in [0, 0.1) is 6.92 Å². The third-order valence-corrected chi connectivity index (χ3v) is 3.33. The van der Waals surface area contributed by atoms with Gasteiger partial charge in [0.2, 0.25) is 0 Å². The summed E-state index contributed by atoms with van der Waals surface area (Å²) >= 11 is 1.43. The highest BCUT2D eigenvalue weighted by Gasteiger charge is 2.11. The molecule has 0 saturated heterocycles. The van der Waals surface area contributed by atoms with Crippen LogP contribution in [0.3, 0.4) is 0 Å². The van der Waals surface area contributed by atoms with E-state index in [0.717, 1.165) is 16.1 Å². The van der Waals surface area contributed by atoms with E-state index in [9.17, 15) is 4.79 Å². The molecule has 0 fully saturated rings. The molecular formula is C13H14N2OS. The maximum Gasteiger partial charge on any atom is 0.186 e. The van der Waals surface area contributed by atoms with Gasteiger partial charge >= 0.3 is 0 Å². The van der Waals surface area contributed by atoms with E-state index < -0.39 is 0 Å². The zero-order chi connectivity index (χ0) is 12.3. The van der Waals surface area contributed by atoms with Gasteiger partial charge in [-0.3, -0.25) is 4.79 Å². The summed E-state index contributed by atoms with van der Waals surface area (Å²) in [7, 11) is 0. The second kappa shape index (κ2) is 5.21. The van der Waals surface area contributed by atoms with Crippen molar-refractivity contribution in [3.05, 3.63) is 51.5 Å². The Bertz CT molecular complexity index is 534. The Morgan fingerprint density at radius 3 is 2.94 bits per heavy atom. The van der Waals surface area contributed by atoms with Crippen LogP contribution in [0.15, 0.2) is 29.6 Å². The molecule has 0 saturated carbocycles. The molecule has 17 heavy (non-hydrogen) atoms. The standard InChI is InChI=1S/C13H14N2OS/c1-9-3-2-4-10(5-9)6-12(16)11-8-17-13(7-14)15-11/h2-5,8H,6-7,14H2,1H3. The van der Waals surface area contributed by atoms with Gasteiger partial charge in [-0.2, -0.15) is 0 Å². The molecule has 1 aromatic carbocycles. The van der Waals surface area contributed by atoms with E-state index in [-0.39, 0.29) is 5.78 Å². The van der Waals surface area contributed by atoms with Crippen molar-refractivity contribution in [2.24, 2.45) is 5.73 Å². The Hall–Kier alpha value is -1.52. The molecule has 0 spiro atoms. The summed E-state index contributed by atoms with van der Waals surface area (Å²) in [6, 6.07) is 7.96. The highest BCUT2D eigenvalue weighted by Crippen LogP contribution is 2.13. The number of carbonyl (C=O) groups excluding carboxylic acids is 1. The van der Waals surface area contributed by atoms with Crippen molar-refractivity contribution in [3.63, 3.8) is 0 Å². The Kier molecular flexibility index (Phi) is 3.66. The smallest absolute Gasteiger partial charge is 0.186 e. The molecule has 3 nitrogen and oxygen atoms in total. The average molecular weight is 246 g/mol. The van der Waals surface area contributed by atoms with E-state index in [0.29, 0.717) is 18.7 Å². The molecule has 2 N–H and O–H groups in total. The molecule has 0 amide bonds. The Balaban J connectivity index is 2.11. The fourth-order valence-corrected chi connectivity index (χ4v) is 2.31. The number of aromatic nitrogens is 1. The van der Waals surface area contributed by atoms with E-state index in [1.807, 2.05) is 31.2 Å². The van der Waals surface area contributed by atoms with Crippen LogP contribution >= 0.6 is 11.3 Å². The van der Waals surface area contributed by atoms with E-state index in [1.54, 1.807) is 5.38 Å². The van der Waals surface area contributed by atoms with Crippen LogP contribution in [-0.2, 0) is 13.0 Å². The van der Waals surface area contributed by atoms with Gasteiger partial charge in [0.15, 0.2) is 5.78 Å². The Labute approximate surface area is 104 Å². The SMILES string of the molecule is Cc1cccc(CC(=O)c2csc(CN)n2)c1. The van der Waals surface area contributed by atoms with Gasteiger partial charge in [0.25, 0.3) is 0 Å². The van der Waals surface area contributed by atoms with Crippen LogP contribution in [0.1, 0.15) is 26.6 Å². The van der Waals surface area contributed by atoms with Crippen LogP contribution in [0.4, 0.5) is 0 Å². The number of benzene rings is 1. The highest BCUT2D eigenvalue weighted by atomic mass is 32.1. The first-order valence-electron chi connectivity index (χ1n) is 5.42. The molecule has 0 bridgehead atoms. The van der Waals surface area contributed by atoms with Crippen molar-refractivity contribution in [2.75, 3.05) is 0 Å². The van der Waals surface area contributed by atoms with E-state index in [4.69, 9.17) is 5.73 Å². The van der Waals surface area contributed by atoms with E-state index in [2.05, 4.69) is 4.98 Å². The topological polar surface area (TPSA) is 56.0 Å². The van der Waals surface area contributed by atoms with Crippen LogP contribution in [0.5, 0.6) is 0 Å². The number of Topliss-reactive ketones (excluding diaryl/α,β-unsaturated/α-hetero) is 1. The number of hydrogen-bond acceptors (Lipinski definition) is 4. The van der Waals surface area contributed by atoms with Gasteiger partial charge in [-0.1, -0.05) is 29.8 Å². The summed E-state index contributed by atoms with van der Waals surface area (Å²) in [4.78, 5) is 16.1. The minimum atomic E-state index is 0.0477. The number of ketones is 1. The molecule has 0 atom stereocenters. The molecule has 0 unspecified atom stereocenters. The third kappa shape index (κ3) is 2.99. The minimum absolute atomic E-state index is 0.0477. The minimum Gasteiger partial charge on any atom is -0.325 e. The van der Waals surface area contributed by atoms with Crippen LogP contribution in [0.25, 0.3) is 0 Å². The fraction of sp³-hybridized carbons (Fsp3) is 0.231. The van der Waals surface area contributed by atoms with Gasteiger partial charge in [-0.25, -0.2) is 4.98 Å². The lowest BCUT2D eigenvalue weighted by molar-refractivity contribution is 0.0988. The molecule has 88 valence electrons. The zero-order valence-corrected chi connectivity index (χ0v) is 10.5. The number of carbonyl (C=O) groups is 1. The van der Waals surface area contributed by atoms with E-state index >= 15 is 0 Å². The maximum absolute atomic E-state index is 12.0. The predicted molar refractivity (Wildman–Crippen MR) is 69.2 cm³/mol. The van der Waals surface area contributed by atoms with Gasteiger partial charge in [0.1, 0.15) is 10.7 Å². The van der Waals surface area contributed by atoms with Crippen LogP contribution in [0.2, 0.25) is 0 Å². The number of nitrogens with two attached hydrogens (primary N) is 1. The lowest BCUT2D eigenvalue weighted by Crippen LogP contribution is -2.05. The van der Waals surface area contributed by atoms with E-state index in [1.165, 1.54) is 11.3 Å². The lowest BCUT2D eigenvalue weighted by Gasteiger charge is -2.00. The van der Waals surface area contributed by atoms with Crippen molar-refractivity contribution >= 4 is 17.1 Å². The summed E-state index contributed by atoms with van der Waals surface area (Å²) in [5, 5.41) is 2.58. The quantitative estimate of drug-likeness (QED) is 0.842. The van der Waals surface area contributed by atoms with Crippen molar-refractivity contribution in [1.82, 2.24) is 4.98 Å². The Morgan fingerprint density at radius 1 is 1.47 bits per heavy atom.